The summed E-state index contributed by atoms with van der Waals surface area (Å²) in [5, 5.41) is 3.96. The zero-order chi connectivity index (χ0) is 13.2. The van der Waals surface area contributed by atoms with E-state index >= 15 is 0 Å². The predicted molar refractivity (Wildman–Crippen MR) is 68.1 cm³/mol. The van der Waals surface area contributed by atoms with Crippen LogP contribution in [0.4, 0.5) is 0 Å². The van der Waals surface area contributed by atoms with Crippen LogP contribution in [-0.4, -0.2) is 17.3 Å². The predicted octanol–water partition coefficient (Wildman–Crippen LogP) is 2.33. The lowest BCUT2D eigenvalue weighted by Crippen LogP contribution is -2.32. The molecular formula is C13H17N3O2. The molecule has 0 aliphatic carbocycles. The van der Waals surface area contributed by atoms with Crippen molar-refractivity contribution in [1.82, 2.24) is 10.1 Å². The van der Waals surface area contributed by atoms with Crippen LogP contribution in [0.5, 0.6) is 5.75 Å². The summed E-state index contributed by atoms with van der Waals surface area (Å²) < 4.78 is 10.5. The highest BCUT2D eigenvalue weighted by molar-refractivity contribution is 5.63. The van der Waals surface area contributed by atoms with Crippen LogP contribution in [0.1, 0.15) is 26.2 Å². The Morgan fingerprint density at radius 3 is 2.78 bits per heavy atom. The van der Waals surface area contributed by atoms with Crippen LogP contribution in [-0.2, 0) is 5.54 Å². The van der Waals surface area contributed by atoms with E-state index in [-0.39, 0.29) is 0 Å². The molecule has 0 saturated heterocycles. The van der Waals surface area contributed by atoms with E-state index in [2.05, 4.69) is 10.1 Å². The van der Waals surface area contributed by atoms with Gasteiger partial charge in [-0.2, -0.15) is 4.98 Å². The van der Waals surface area contributed by atoms with Crippen LogP contribution in [0.2, 0.25) is 0 Å². The first-order chi connectivity index (χ1) is 8.58. The number of methoxy groups -OCH3 is 1. The topological polar surface area (TPSA) is 74.2 Å². The average Bonchev–Trinajstić information content (AvgIpc) is 2.89. The number of benzene rings is 1. The third-order valence-corrected chi connectivity index (χ3v) is 3.00. The zero-order valence-electron chi connectivity index (χ0n) is 10.8. The lowest BCUT2D eigenvalue weighted by atomic mass is 10.0. The lowest BCUT2D eigenvalue weighted by molar-refractivity contribution is 0.291. The van der Waals surface area contributed by atoms with E-state index < -0.39 is 5.54 Å². The summed E-state index contributed by atoms with van der Waals surface area (Å²) >= 11 is 0. The number of hydrogen-bond acceptors (Lipinski definition) is 5. The van der Waals surface area contributed by atoms with Gasteiger partial charge in [-0.15, -0.1) is 0 Å². The van der Waals surface area contributed by atoms with Gasteiger partial charge < -0.3 is 15.0 Å². The number of aromatic nitrogens is 2. The molecule has 2 N–H and O–H groups in total. The molecule has 0 saturated carbocycles. The molecule has 1 aromatic carbocycles. The van der Waals surface area contributed by atoms with E-state index in [0.717, 1.165) is 12.0 Å². The van der Waals surface area contributed by atoms with Gasteiger partial charge in [0.15, 0.2) is 0 Å². The Balaban J connectivity index is 2.41. The maximum atomic E-state index is 6.07. The van der Waals surface area contributed by atoms with Crippen LogP contribution < -0.4 is 10.5 Å². The summed E-state index contributed by atoms with van der Waals surface area (Å²) in [4.78, 5) is 4.35. The normalized spacial score (nSPS) is 14.2. The maximum absolute atomic E-state index is 6.07. The third-order valence-electron chi connectivity index (χ3n) is 3.00. The van der Waals surface area contributed by atoms with Crippen molar-refractivity contribution < 1.29 is 9.26 Å². The Bertz CT molecular complexity index is 535. The number of nitrogens with zero attached hydrogens (tertiary/aromatic N) is 2. The fraction of sp³-hybridized carbons (Fsp3) is 0.385. The van der Waals surface area contributed by atoms with Crippen molar-refractivity contribution in [1.29, 1.82) is 0 Å². The molecule has 1 aromatic heterocycles. The van der Waals surface area contributed by atoms with Gasteiger partial charge in [-0.1, -0.05) is 24.2 Å². The van der Waals surface area contributed by atoms with Crippen molar-refractivity contribution >= 4 is 0 Å². The molecule has 5 heteroatoms. The van der Waals surface area contributed by atoms with Gasteiger partial charge >= 0.3 is 0 Å². The van der Waals surface area contributed by atoms with Crippen LogP contribution >= 0.6 is 0 Å². The molecule has 18 heavy (non-hydrogen) atoms. The quantitative estimate of drug-likeness (QED) is 0.897. The molecule has 0 amide bonds. The molecule has 96 valence electrons. The highest BCUT2D eigenvalue weighted by Gasteiger charge is 2.26. The molecule has 0 fully saturated rings. The van der Waals surface area contributed by atoms with Gasteiger partial charge in [0.05, 0.1) is 18.2 Å². The third kappa shape index (κ3) is 2.22. The molecule has 0 radical (unpaired) electrons. The number of hydrogen-bond donors (Lipinski definition) is 1. The van der Waals surface area contributed by atoms with E-state index in [4.69, 9.17) is 15.0 Å². The summed E-state index contributed by atoms with van der Waals surface area (Å²) in [6, 6.07) is 7.53. The minimum absolute atomic E-state index is 0.436. The van der Waals surface area contributed by atoms with E-state index in [0.29, 0.717) is 17.5 Å². The van der Waals surface area contributed by atoms with Crippen molar-refractivity contribution in [3.8, 4) is 17.1 Å². The summed E-state index contributed by atoms with van der Waals surface area (Å²) in [6.07, 6.45) is 0.723. The van der Waals surface area contributed by atoms with Crippen molar-refractivity contribution in [2.24, 2.45) is 5.73 Å². The molecule has 2 rings (SSSR count). The van der Waals surface area contributed by atoms with Crippen molar-refractivity contribution in [2.75, 3.05) is 7.11 Å². The van der Waals surface area contributed by atoms with E-state index in [1.54, 1.807) is 7.11 Å². The van der Waals surface area contributed by atoms with Gasteiger partial charge in [0, 0.05) is 0 Å². The number of rotatable bonds is 4. The van der Waals surface area contributed by atoms with Gasteiger partial charge in [0.1, 0.15) is 5.75 Å². The summed E-state index contributed by atoms with van der Waals surface area (Å²) in [5.41, 5.74) is 6.26. The van der Waals surface area contributed by atoms with Gasteiger partial charge in [-0.25, -0.2) is 0 Å². The standard InChI is InChI=1S/C13H17N3O2/c1-4-13(2,14)12-15-11(16-18-12)9-7-5-6-8-10(9)17-3/h5-8H,4,14H2,1-3H3. The minimum atomic E-state index is -0.604. The van der Waals surface area contributed by atoms with Gasteiger partial charge in [0.25, 0.3) is 0 Å². The smallest absolute Gasteiger partial charge is 0.246 e. The van der Waals surface area contributed by atoms with Crippen LogP contribution in [0, 0.1) is 0 Å². The first-order valence-corrected chi connectivity index (χ1v) is 5.85. The van der Waals surface area contributed by atoms with Crippen LogP contribution in [0.25, 0.3) is 11.4 Å². The van der Waals surface area contributed by atoms with Gasteiger partial charge in [-0.05, 0) is 25.5 Å². The summed E-state index contributed by atoms with van der Waals surface area (Å²) in [7, 11) is 1.61. The Morgan fingerprint density at radius 2 is 2.11 bits per heavy atom. The second-order valence-electron chi connectivity index (χ2n) is 4.39. The second kappa shape index (κ2) is 4.78. The van der Waals surface area contributed by atoms with Gasteiger partial charge in [-0.3, -0.25) is 0 Å². The first kappa shape index (κ1) is 12.6. The molecule has 0 bridgehead atoms. The van der Waals surface area contributed by atoms with Crippen LogP contribution in [0.15, 0.2) is 28.8 Å². The molecule has 0 spiro atoms. The number of ether oxygens (including phenoxy) is 1. The molecule has 1 heterocycles. The van der Waals surface area contributed by atoms with E-state index in [1.807, 2.05) is 38.1 Å². The molecule has 1 unspecified atom stereocenters. The number of para-hydroxylation sites is 1. The first-order valence-electron chi connectivity index (χ1n) is 5.85. The minimum Gasteiger partial charge on any atom is -0.496 e. The lowest BCUT2D eigenvalue weighted by Gasteiger charge is -2.16. The van der Waals surface area contributed by atoms with Crippen molar-refractivity contribution in [2.45, 2.75) is 25.8 Å². The Hall–Kier alpha value is -1.88. The highest BCUT2D eigenvalue weighted by atomic mass is 16.5. The SMILES string of the molecule is CCC(C)(N)c1nc(-c2ccccc2OC)no1. The Morgan fingerprint density at radius 1 is 1.39 bits per heavy atom. The molecule has 0 aliphatic heterocycles. The molecule has 1 atom stereocenters. The zero-order valence-corrected chi connectivity index (χ0v) is 10.8. The van der Waals surface area contributed by atoms with Gasteiger partial charge in [0.2, 0.25) is 11.7 Å². The number of nitrogens with two attached hydrogens (primary N) is 1. The molecule has 5 nitrogen and oxygen atoms in total. The highest BCUT2D eigenvalue weighted by Crippen LogP contribution is 2.29. The molecule has 0 aliphatic rings. The molecular weight excluding hydrogens is 230 g/mol. The largest absolute Gasteiger partial charge is 0.496 e. The van der Waals surface area contributed by atoms with Crippen LogP contribution in [0.3, 0.4) is 0 Å². The monoisotopic (exact) mass is 247 g/mol. The van der Waals surface area contributed by atoms with Crippen molar-refractivity contribution in [3.63, 3.8) is 0 Å². The summed E-state index contributed by atoms with van der Waals surface area (Å²) in [6.45, 7) is 3.85. The fourth-order valence-corrected chi connectivity index (χ4v) is 1.55. The second-order valence-corrected chi connectivity index (χ2v) is 4.39. The Kier molecular flexibility index (Phi) is 3.34. The van der Waals surface area contributed by atoms with E-state index in [1.165, 1.54) is 0 Å². The summed E-state index contributed by atoms with van der Waals surface area (Å²) in [5.74, 6) is 1.64. The average molecular weight is 247 g/mol. The maximum Gasteiger partial charge on any atom is 0.246 e. The fourth-order valence-electron chi connectivity index (χ4n) is 1.55. The Labute approximate surface area is 106 Å². The van der Waals surface area contributed by atoms with E-state index in [9.17, 15) is 0 Å². The van der Waals surface area contributed by atoms with Crippen molar-refractivity contribution in [3.05, 3.63) is 30.2 Å². The molecule has 2 aromatic rings.